The normalized spacial score (nSPS) is 12.3. The van der Waals surface area contributed by atoms with Crippen molar-refractivity contribution in [3.05, 3.63) is 22.7 Å². The summed E-state index contributed by atoms with van der Waals surface area (Å²) in [6.45, 7) is 6.40. The minimum Gasteiger partial charge on any atom is -0.493 e. The van der Waals surface area contributed by atoms with Crippen molar-refractivity contribution in [3.63, 3.8) is 0 Å². The highest BCUT2D eigenvalue weighted by Crippen LogP contribution is 2.34. The largest absolute Gasteiger partial charge is 0.493 e. The Morgan fingerprint density at radius 2 is 2.10 bits per heavy atom. The zero-order valence-electron chi connectivity index (χ0n) is 12.8. The number of carboxylic acid groups (broad SMARTS) is 1. The molecule has 0 saturated heterocycles. The van der Waals surface area contributed by atoms with Gasteiger partial charge in [0.05, 0.1) is 13.7 Å². The topological polar surface area (TPSA) is 67.8 Å². The van der Waals surface area contributed by atoms with E-state index in [-0.39, 0.29) is 5.92 Å². The highest BCUT2D eigenvalue weighted by atomic mass is 35.5. The van der Waals surface area contributed by atoms with Crippen LogP contribution in [0.15, 0.2) is 12.1 Å². The standard InChI is InChI=1S/C15H22ClNO4/c1-5-21-14-10(6-11(16)7-12(14)20-4)8-17-13(9(2)3)15(18)19/h6-7,9,13,17H,5,8H2,1-4H3,(H,18,19). The number of carbonyl (C=O) groups is 1. The van der Waals surface area contributed by atoms with E-state index in [1.807, 2.05) is 20.8 Å². The van der Waals surface area contributed by atoms with E-state index in [1.54, 1.807) is 19.2 Å². The molecule has 2 N–H and O–H groups in total. The van der Waals surface area contributed by atoms with E-state index >= 15 is 0 Å². The lowest BCUT2D eigenvalue weighted by atomic mass is 10.0. The molecule has 1 rings (SSSR count). The van der Waals surface area contributed by atoms with Crippen LogP contribution in [0.4, 0.5) is 0 Å². The summed E-state index contributed by atoms with van der Waals surface area (Å²) in [4.78, 5) is 11.2. The van der Waals surface area contributed by atoms with E-state index in [0.29, 0.717) is 29.7 Å². The summed E-state index contributed by atoms with van der Waals surface area (Å²) >= 11 is 6.06. The van der Waals surface area contributed by atoms with Gasteiger partial charge in [-0.05, 0) is 18.9 Å². The fraction of sp³-hybridized carbons (Fsp3) is 0.533. The van der Waals surface area contributed by atoms with Crippen LogP contribution in [0.25, 0.3) is 0 Å². The zero-order chi connectivity index (χ0) is 16.0. The molecule has 1 unspecified atom stereocenters. The molecule has 0 saturated carbocycles. The van der Waals surface area contributed by atoms with Crippen LogP contribution in [0.3, 0.4) is 0 Å². The lowest BCUT2D eigenvalue weighted by Crippen LogP contribution is -2.40. The smallest absolute Gasteiger partial charge is 0.320 e. The van der Waals surface area contributed by atoms with Crippen molar-refractivity contribution < 1.29 is 19.4 Å². The Hall–Kier alpha value is -1.46. The Morgan fingerprint density at radius 3 is 2.57 bits per heavy atom. The fourth-order valence-corrected chi connectivity index (χ4v) is 2.27. The highest BCUT2D eigenvalue weighted by Gasteiger charge is 2.22. The first-order valence-corrected chi connectivity index (χ1v) is 7.23. The average molecular weight is 316 g/mol. The molecule has 21 heavy (non-hydrogen) atoms. The summed E-state index contributed by atoms with van der Waals surface area (Å²) < 4.78 is 10.9. The van der Waals surface area contributed by atoms with Crippen molar-refractivity contribution in [2.45, 2.75) is 33.4 Å². The average Bonchev–Trinajstić information content (AvgIpc) is 2.40. The molecule has 1 aromatic carbocycles. The van der Waals surface area contributed by atoms with Crippen LogP contribution in [0.2, 0.25) is 5.02 Å². The van der Waals surface area contributed by atoms with Gasteiger partial charge < -0.3 is 14.6 Å². The number of rotatable bonds is 8. The van der Waals surface area contributed by atoms with Gasteiger partial charge in [0.1, 0.15) is 6.04 Å². The molecule has 118 valence electrons. The van der Waals surface area contributed by atoms with Gasteiger partial charge in [-0.3, -0.25) is 10.1 Å². The molecule has 1 atom stereocenters. The third-order valence-electron chi connectivity index (χ3n) is 3.05. The lowest BCUT2D eigenvalue weighted by Gasteiger charge is -2.20. The first kappa shape index (κ1) is 17.6. The number of hydrogen-bond acceptors (Lipinski definition) is 4. The molecule has 5 nitrogen and oxygen atoms in total. The number of ether oxygens (including phenoxy) is 2. The second-order valence-corrected chi connectivity index (χ2v) is 5.41. The molecule has 6 heteroatoms. The van der Waals surface area contributed by atoms with Crippen molar-refractivity contribution in [3.8, 4) is 11.5 Å². The molecule has 1 aromatic rings. The number of hydrogen-bond donors (Lipinski definition) is 2. The number of halogens is 1. The van der Waals surface area contributed by atoms with E-state index in [2.05, 4.69) is 5.32 Å². The summed E-state index contributed by atoms with van der Waals surface area (Å²) in [5.41, 5.74) is 0.771. The third kappa shape index (κ3) is 4.79. The Balaban J connectivity index is 3.00. The SMILES string of the molecule is CCOc1c(CNC(C(=O)O)C(C)C)cc(Cl)cc1OC. The number of aliphatic carboxylic acids is 1. The lowest BCUT2D eigenvalue weighted by molar-refractivity contribution is -0.140. The molecule has 0 spiro atoms. The van der Waals surface area contributed by atoms with Gasteiger partial charge in [0.2, 0.25) is 0 Å². The maximum Gasteiger partial charge on any atom is 0.320 e. The predicted molar refractivity (Wildman–Crippen MR) is 82.3 cm³/mol. The Bertz CT molecular complexity index is 491. The van der Waals surface area contributed by atoms with Gasteiger partial charge in [-0.15, -0.1) is 0 Å². The van der Waals surface area contributed by atoms with Crippen molar-refractivity contribution in [2.75, 3.05) is 13.7 Å². The first-order valence-electron chi connectivity index (χ1n) is 6.86. The Morgan fingerprint density at radius 1 is 1.43 bits per heavy atom. The number of methoxy groups -OCH3 is 1. The molecule has 0 aliphatic rings. The Kier molecular flexibility index (Phi) is 6.78. The molecule has 0 radical (unpaired) electrons. The monoisotopic (exact) mass is 315 g/mol. The third-order valence-corrected chi connectivity index (χ3v) is 3.27. The van der Waals surface area contributed by atoms with Crippen LogP contribution < -0.4 is 14.8 Å². The van der Waals surface area contributed by atoms with Crippen LogP contribution >= 0.6 is 11.6 Å². The van der Waals surface area contributed by atoms with Crippen molar-refractivity contribution >= 4 is 17.6 Å². The van der Waals surface area contributed by atoms with E-state index in [9.17, 15) is 9.90 Å². The molecular formula is C15H22ClNO4. The zero-order valence-corrected chi connectivity index (χ0v) is 13.5. The summed E-state index contributed by atoms with van der Waals surface area (Å²) in [5, 5.41) is 12.7. The Labute approximate surface area is 130 Å². The molecule has 0 bridgehead atoms. The summed E-state index contributed by atoms with van der Waals surface area (Å²) in [5.74, 6) is 0.221. The number of nitrogens with one attached hydrogen (secondary N) is 1. The van der Waals surface area contributed by atoms with E-state index in [0.717, 1.165) is 5.56 Å². The van der Waals surface area contributed by atoms with E-state index < -0.39 is 12.0 Å². The maximum absolute atomic E-state index is 11.2. The summed E-state index contributed by atoms with van der Waals surface area (Å²) in [6.07, 6.45) is 0. The van der Waals surface area contributed by atoms with Gasteiger partial charge in [0.25, 0.3) is 0 Å². The van der Waals surface area contributed by atoms with Crippen LogP contribution in [0.1, 0.15) is 26.3 Å². The van der Waals surface area contributed by atoms with Crippen LogP contribution in [0, 0.1) is 5.92 Å². The van der Waals surface area contributed by atoms with Gasteiger partial charge in [0, 0.05) is 23.2 Å². The second kappa shape index (κ2) is 8.10. The predicted octanol–water partition coefficient (Wildman–Crippen LogP) is 2.95. The van der Waals surface area contributed by atoms with Gasteiger partial charge in [-0.1, -0.05) is 25.4 Å². The van der Waals surface area contributed by atoms with Crippen molar-refractivity contribution in [2.24, 2.45) is 5.92 Å². The minimum absolute atomic E-state index is 0.0286. The molecule has 0 aliphatic carbocycles. The molecular weight excluding hydrogens is 294 g/mol. The molecule has 0 amide bonds. The molecule has 0 aromatic heterocycles. The van der Waals surface area contributed by atoms with Crippen LogP contribution in [-0.2, 0) is 11.3 Å². The van der Waals surface area contributed by atoms with Crippen LogP contribution in [0.5, 0.6) is 11.5 Å². The van der Waals surface area contributed by atoms with Crippen molar-refractivity contribution in [1.29, 1.82) is 0 Å². The van der Waals surface area contributed by atoms with Crippen LogP contribution in [-0.4, -0.2) is 30.8 Å². The summed E-state index contributed by atoms with van der Waals surface area (Å²) in [7, 11) is 1.54. The minimum atomic E-state index is -0.878. The fourth-order valence-electron chi connectivity index (χ4n) is 2.04. The molecule has 0 aliphatic heterocycles. The summed E-state index contributed by atoms with van der Waals surface area (Å²) in [6, 6.07) is 2.79. The number of carboxylic acids is 1. The van der Waals surface area contributed by atoms with Gasteiger partial charge >= 0.3 is 5.97 Å². The quantitative estimate of drug-likeness (QED) is 0.772. The molecule has 0 fully saturated rings. The number of benzene rings is 1. The van der Waals surface area contributed by atoms with Crippen molar-refractivity contribution in [1.82, 2.24) is 5.32 Å². The first-order chi connectivity index (χ1) is 9.90. The second-order valence-electron chi connectivity index (χ2n) is 4.97. The van der Waals surface area contributed by atoms with E-state index in [4.69, 9.17) is 21.1 Å². The van der Waals surface area contributed by atoms with Gasteiger partial charge in [0.15, 0.2) is 11.5 Å². The van der Waals surface area contributed by atoms with Gasteiger partial charge in [-0.2, -0.15) is 0 Å². The maximum atomic E-state index is 11.2. The van der Waals surface area contributed by atoms with Gasteiger partial charge in [-0.25, -0.2) is 0 Å². The highest BCUT2D eigenvalue weighted by molar-refractivity contribution is 6.30. The van der Waals surface area contributed by atoms with E-state index in [1.165, 1.54) is 0 Å². The molecule has 0 heterocycles.